The molecule has 2 heterocycles. The van der Waals surface area contributed by atoms with Gasteiger partial charge in [0.2, 0.25) is 5.89 Å². The van der Waals surface area contributed by atoms with E-state index in [-0.39, 0.29) is 6.42 Å². The maximum atomic E-state index is 10.8. The van der Waals surface area contributed by atoms with Crippen LogP contribution in [0.5, 0.6) is 0 Å². The summed E-state index contributed by atoms with van der Waals surface area (Å²) in [4.78, 5) is 19.4. The minimum absolute atomic E-state index is 0.0733. The van der Waals surface area contributed by atoms with E-state index in [9.17, 15) is 4.79 Å². The van der Waals surface area contributed by atoms with E-state index in [1.165, 1.54) is 0 Å². The number of pyridine rings is 1. The molecule has 0 aromatic carbocycles. The predicted octanol–water partition coefficient (Wildman–Crippen LogP) is 2.94. The summed E-state index contributed by atoms with van der Waals surface area (Å²) in [7, 11) is 0. The molecule has 0 saturated heterocycles. The third-order valence-corrected chi connectivity index (χ3v) is 3.57. The van der Waals surface area contributed by atoms with Crippen LogP contribution in [0.25, 0.3) is 0 Å². The lowest BCUT2D eigenvalue weighted by molar-refractivity contribution is -0.139. The van der Waals surface area contributed by atoms with E-state index >= 15 is 0 Å². The summed E-state index contributed by atoms with van der Waals surface area (Å²) >= 11 is 0. The van der Waals surface area contributed by atoms with Crippen LogP contribution < -0.4 is 5.32 Å². The largest absolute Gasteiger partial charge is 0.481 e. The van der Waals surface area contributed by atoms with E-state index in [1.54, 1.807) is 6.20 Å². The van der Waals surface area contributed by atoms with Crippen molar-refractivity contribution in [3.63, 3.8) is 0 Å². The molecule has 7 nitrogen and oxygen atoms in total. The van der Waals surface area contributed by atoms with Crippen LogP contribution in [0, 0.1) is 5.41 Å². The Balaban J connectivity index is 1.69. The SMILES string of the molecule is CC(C)(CC(=O)O)Cc1nc(CCCCNc2ccccn2)no1. The number of unbranched alkanes of at least 4 members (excludes halogenated alkanes) is 1. The maximum absolute atomic E-state index is 10.8. The van der Waals surface area contributed by atoms with Crippen molar-refractivity contribution < 1.29 is 14.4 Å². The highest BCUT2D eigenvalue weighted by atomic mass is 16.5. The highest BCUT2D eigenvalue weighted by Gasteiger charge is 2.25. The minimum atomic E-state index is -0.819. The van der Waals surface area contributed by atoms with Crippen molar-refractivity contribution in [3.05, 3.63) is 36.1 Å². The molecule has 2 aromatic rings. The van der Waals surface area contributed by atoms with Gasteiger partial charge < -0.3 is 14.9 Å². The molecular formula is C17H24N4O3. The Hall–Kier alpha value is -2.44. The first-order valence-corrected chi connectivity index (χ1v) is 8.13. The smallest absolute Gasteiger partial charge is 0.303 e. The van der Waals surface area contributed by atoms with Crippen molar-refractivity contribution in [1.29, 1.82) is 0 Å². The average Bonchev–Trinajstić information content (AvgIpc) is 2.93. The first kappa shape index (κ1) is 17.9. The Kier molecular flexibility index (Phi) is 6.28. The van der Waals surface area contributed by atoms with Gasteiger partial charge in [0.25, 0.3) is 0 Å². The second-order valence-corrected chi connectivity index (χ2v) is 6.61. The van der Waals surface area contributed by atoms with Gasteiger partial charge in [-0.2, -0.15) is 4.98 Å². The first-order chi connectivity index (χ1) is 11.4. The molecule has 0 fully saturated rings. The average molecular weight is 332 g/mol. The molecule has 24 heavy (non-hydrogen) atoms. The van der Waals surface area contributed by atoms with E-state index in [0.29, 0.717) is 18.1 Å². The summed E-state index contributed by atoms with van der Waals surface area (Å²) in [6, 6.07) is 5.77. The van der Waals surface area contributed by atoms with Crippen molar-refractivity contribution >= 4 is 11.8 Å². The van der Waals surface area contributed by atoms with Crippen LogP contribution in [-0.4, -0.2) is 32.7 Å². The lowest BCUT2D eigenvalue weighted by Crippen LogP contribution is -2.19. The molecule has 2 N–H and O–H groups in total. The summed E-state index contributed by atoms with van der Waals surface area (Å²) in [6.45, 7) is 4.61. The van der Waals surface area contributed by atoms with Gasteiger partial charge in [0, 0.05) is 25.6 Å². The number of nitrogens with zero attached hydrogens (tertiary/aromatic N) is 3. The summed E-state index contributed by atoms with van der Waals surface area (Å²) in [5.74, 6) is 1.23. The number of hydrogen-bond acceptors (Lipinski definition) is 6. The fourth-order valence-corrected chi connectivity index (χ4v) is 2.44. The molecule has 2 aromatic heterocycles. The van der Waals surface area contributed by atoms with Gasteiger partial charge in [0.05, 0.1) is 6.42 Å². The molecule has 0 unspecified atom stereocenters. The van der Waals surface area contributed by atoms with Crippen molar-refractivity contribution in [2.75, 3.05) is 11.9 Å². The highest BCUT2D eigenvalue weighted by Crippen LogP contribution is 2.25. The molecule has 7 heteroatoms. The number of carbonyl (C=O) groups is 1. The van der Waals surface area contributed by atoms with Crippen LogP contribution in [0.4, 0.5) is 5.82 Å². The quantitative estimate of drug-likeness (QED) is 0.645. The number of aryl methyl sites for hydroxylation is 1. The molecule has 0 amide bonds. The van der Waals surface area contributed by atoms with E-state index in [1.807, 2.05) is 32.0 Å². The van der Waals surface area contributed by atoms with Gasteiger partial charge in [0.15, 0.2) is 5.82 Å². The van der Waals surface area contributed by atoms with Crippen LogP contribution in [0.2, 0.25) is 0 Å². The van der Waals surface area contributed by atoms with Crippen molar-refractivity contribution in [1.82, 2.24) is 15.1 Å². The Morgan fingerprint density at radius 3 is 2.88 bits per heavy atom. The second-order valence-electron chi connectivity index (χ2n) is 6.61. The van der Waals surface area contributed by atoms with E-state index in [4.69, 9.17) is 9.63 Å². The summed E-state index contributed by atoms with van der Waals surface area (Å²) < 4.78 is 5.23. The van der Waals surface area contributed by atoms with Gasteiger partial charge in [0.1, 0.15) is 5.82 Å². The molecule has 0 aliphatic heterocycles. The Morgan fingerprint density at radius 2 is 2.17 bits per heavy atom. The Bertz CT molecular complexity index is 640. The topological polar surface area (TPSA) is 101 Å². The zero-order valence-electron chi connectivity index (χ0n) is 14.2. The third kappa shape index (κ3) is 6.36. The van der Waals surface area contributed by atoms with Crippen LogP contribution in [0.15, 0.2) is 28.9 Å². The van der Waals surface area contributed by atoms with E-state index < -0.39 is 11.4 Å². The number of carboxylic acids is 1. The second kappa shape index (κ2) is 8.42. The van der Waals surface area contributed by atoms with Gasteiger partial charge in [-0.25, -0.2) is 4.98 Å². The Morgan fingerprint density at radius 1 is 1.33 bits per heavy atom. The number of aromatic nitrogens is 3. The lowest BCUT2D eigenvalue weighted by Gasteiger charge is -2.19. The molecule has 0 radical (unpaired) electrons. The fraction of sp³-hybridized carbons (Fsp3) is 0.529. The van der Waals surface area contributed by atoms with Gasteiger partial charge in [-0.3, -0.25) is 4.79 Å². The molecule has 0 atom stereocenters. The van der Waals surface area contributed by atoms with Crippen LogP contribution in [-0.2, 0) is 17.6 Å². The van der Waals surface area contributed by atoms with Crippen LogP contribution in [0.1, 0.15) is 44.8 Å². The molecule has 0 aliphatic carbocycles. The highest BCUT2D eigenvalue weighted by molar-refractivity contribution is 5.67. The van der Waals surface area contributed by atoms with Crippen molar-refractivity contribution in [3.8, 4) is 0 Å². The molecule has 0 bridgehead atoms. The number of anilines is 1. The normalized spacial score (nSPS) is 11.4. The maximum Gasteiger partial charge on any atom is 0.303 e. The molecule has 0 aliphatic rings. The number of carboxylic acid groups (broad SMARTS) is 1. The number of rotatable bonds is 10. The van der Waals surface area contributed by atoms with Crippen molar-refractivity contribution in [2.24, 2.45) is 5.41 Å². The van der Waals surface area contributed by atoms with E-state index in [2.05, 4.69) is 20.4 Å². The lowest BCUT2D eigenvalue weighted by atomic mass is 9.86. The van der Waals surface area contributed by atoms with Gasteiger partial charge in [-0.15, -0.1) is 0 Å². The zero-order valence-corrected chi connectivity index (χ0v) is 14.2. The molecular weight excluding hydrogens is 308 g/mol. The standard InChI is InChI=1S/C17H24N4O3/c1-17(2,12-16(22)23)11-15-20-14(21-24-15)8-4-6-10-19-13-7-3-5-9-18-13/h3,5,7,9H,4,6,8,10-12H2,1-2H3,(H,18,19)(H,22,23). The van der Waals surface area contributed by atoms with E-state index in [0.717, 1.165) is 31.6 Å². The predicted molar refractivity (Wildman–Crippen MR) is 89.7 cm³/mol. The fourth-order valence-electron chi connectivity index (χ4n) is 2.44. The monoisotopic (exact) mass is 332 g/mol. The van der Waals surface area contributed by atoms with Crippen molar-refractivity contribution in [2.45, 2.75) is 46.0 Å². The van der Waals surface area contributed by atoms with Gasteiger partial charge in [-0.05, 0) is 30.4 Å². The Labute approximate surface area is 141 Å². The number of hydrogen-bond donors (Lipinski definition) is 2. The van der Waals surface area contributed by atoms with Gasteiger partial charge in [-0.1, -0.05) is 25.1 Å². The third-order valence-electron chi connectivity index (χ3n) is 3.57. The summed E-state index contributed by atoms with van der Waals surface area (Å²) in [5.41, 5.74) is -0.401. The number of aliphatic carboxylic acids is 1. The number of nitrogens with one attached hydrogen (secondary N) is 1. The first-order valence-electron chi connectivity index (χ1n) is 8.13. The summed E-state index contributed by atoms with van der Waals surface area (Å²) in [5, 5.41) is 16.1. The molecule has 2 rings (SSSR count). The molecule has 0 saturated carbocycles. The van der Waals surface area contributed by atoms with Crippen LogP contribution in [0.3, 0.4) is 0 Å². The molecule has 0 spiro atoms. The van der Waals surface area contributed by atoms with Crippen LogP contribution >= 0.6 is 0 Å². The van der Waals surface area contributed by atoms with Gasteiger partial charge >= 0.3 is 5.97 Å². The zero-order chi connectivity index (χ0) is 17.4. The summed E-state index contributed by atoms with van der Waals surface area (Å²) in [6.07, 6.45) is 4.96. The molecule has 130 valence electrons. The minimum Gasteiger partial charge on any atom is -0.481 e.